The van der Waals surface area contributed by atoms with Gasteiger partial charge in [0.15, 0.2) is 5.84 Å². The molecule has 0 radical (unpaired) electrons. The molecule has 0 aromatic heterocycles. The number of benzene rings is 2. The van der Waals surface area contributed by atoms with Gasteiger partial charge in [0.2, 0.25) is 0 Å². The van der Waals surface area contributed by atoms with E-state index in [1.165, 1.54) is 17.7 Å². The van der Waals surface area contributed by atoms with Crippen LogP contribution in [-0.2, 0) is 13.0 Å². The molecule has 0 saturated carbocycles. The van der Waals surface area contributed by atoms with Crippen molar-refractivity contribution in [1.82, 2.24) is 16.1 Å². The number of rotatable bonds is 5. The number of halogens is 1. The topological polar surface area (TPSA) is 60.8 Å². The monoisotopic (exact) mass is 323 g/mol. The minimum absolute atomic E-state index is 0.202. The predicted octanol–water partition coefficient (Wildman–Crippen LogP) is 2.06. The summed E-state index contributed by atoms with van der Waals surface area (Å²) >= 11 is 0. The van der Waals surface area contributed by atoms with Crippen LogP contribution in [0.15, 0.2) is 52.6 Å². The molecule has 5 nitrogen and oxygen atoms in total. The summed E-state index contributed by atoms with van der Waals surface area (Å²) in [4.78, 5) is 4.68. The van der Waals surface area contributed by atoms with Crippen LogP contribution in [0.1, 0.15) is 16.7 Å². The molecule has 6 heteroatoms. The van der Waals surface area contributed by atoms with E-state index in [9.17, 15) is 4.39 Å². The van der Waals surface area contributed by atoms with Crippen LogP contribution >= 0.6 is 0 Å². The van der Waals surface area contributed by atoms with E-state index in [0.29, 0.717) is 6.54 Å². The first-order chi connectivity index (χ1) is 11.8. The van der Waals surface area contributed by atoms with Crippen molar-refractivity contribution in [3.8, 4) is 0 Å². The number of nitrogens with one attached hydrogen (secondary N) is 3. The van der Waals surface area contributed by atoms with Gasteiger partial charge < -0.3 is 16.1 Å². The molecular formula is C18H18FN5. The first-order valence-electron chi connectivity index (χ1n) is 8.02. The normalized spacial score (nSPS) is 14.9. The van der Waals surface area contributed by atoms with Crippen LogP contribution in [0.3, 0.4) is 0 Å². The second kappa shape index (κ2) is 6.41. The fourth-order valence-corrected chi connectivity index (χ4v) is 2.93. The van der Waals surface area contributed by atoms with Gasteiger partial charge in [-0.25, -0.2) is 9.38 Å². The van der Waals surface area contributed by atoms with Crippen LogP contribution in [0.4, 0.5) is 10.1 Å². The van der Waals surface area contributed by atoms with Gasteiger partial charge in [0, 0.05) is 5.56 Å². The van der Waals surface area contributed by atoms with Crippen molar-refractivity contribution in [1.29, 1.82) is 0 Å². The minimum atomic E-state index is -0.202. The first kappa shape index (κ1) is 14.8. The molecule has 0 bridgehead atoms. The molecule has 0 fully saturated rings. The molecule has 24 heavy (non-hydrogen) atoms. The SMILES string of the molecule is Fc1ccc(CCNCC2=Nc3cccc4c3C(=NNC4)N2)cc1. The molecule has 2 heterocycles. The van der Waals surface area contributed by atoms with Crippen molar-refractivity contribution in [2.75, 3.05) is 13.1 Å². The maximum Gasteiger partial charge on any atom is 0.161 e. The number of amidine groups is 2. The average molecular weight is 323 g/mol. The highest BCUT2D eigenvalue weighted by molar-refractivity contribution is 6.16. The Bertz CT molecular complexity index is 811. The molecule has 0 saturated heterocycles. The number of aliphatic imine (C=N–C) groups is 1. The van der Waals surface area contributed by atoms with Crippen LogP contribution in [0, 0.1) is 5.82 Å². The lowest BCUT2D eigenvalue weighted by Crippen LogP contribution is -2.43. The van der Waals surface area contributed by atoms with E-state index in [2.05, 4.69) is 32.2 Å². The lowest BCUT2D eigenvalue weighted by atomic mass is 10.0. The van der Waals surface area contributed by atoms with Gasteiger partial charge in [-0.1, -0.05) is 24.3 Å². The van der Waals surface area contributed by atoms with E-state index >= 15 is 0 Å². The Hall–Kier alpha value is -2.73. The molecule has 2 aromatic rings. The summed E-state index contributed by atoms with van der Waals surface area (Å²) in [5, 5.41) is 11.0. The van der Waals surface area contributed by atoms with Gasteiger partial charge in [-0.15, -0.1) is 0 Å². The second-order valence-electron chi connectivity index (χ2n) is 5.84. The van der Waals surface area contributed by atoms with E-state index in [-0.39, 0.29) is 5.82 Å². The van der Waals surface area contributed by atoms with Gasteiger partial charge in [-0.3, -0.25) is 0 Å². The maximum absolute atomic E-state index is 12.9. The van der Waals surface area contributed by atoms with Crippen molar-refractivity contribution in [3.05, 3.63) is 65.0 Å². The summed E-state index contributed by atoms with van der Waals surface area (Å²) < 4.78 is 12.9. The molecule has 0 unspecified atom stereocenters. The van der Waals surface area contributed by atoms with E-state index in [1.807, 2.05) is 24.3 Å². The quantitative estimate of drug-likeness (QED) is 0.738. The Morgan fingerprint density at radius 2 is 2.00 bits per heavy atom. The van der Waals surface area contributed by atoms with Crippen molar-refractivity contribution < 1.29 is 4.39 Å². The number of hydrogen-bond acceptors (Lipinski definition) is 5. The van der Waals surface area contributed by atoms with Gasteiger partial charge in [0.1, 0.15) is 11.7 Å². The standard InChI is InChI=1S/C18H18FN5/c19-14-6-4-12(5-7-14)8-9-20-11-16-22-15-3-1-2-13-10-21-24-18(23-16)17(13)15/h1-7,20-21H,8-11H2,(H,22,23,24). The molecule has 0 atom stereocenters. The van der Waals surface area contributed by atoms with Crippen LogP contribution in [0.25, 0.3) is 0 Å². The maximum atomic E-state index is 12.9. The fourth-order valence-electron chi connectivity index (χ4n) is 2.93. The number of hydrogen-bond donors (Lipinski definition) is 3. The van der Waals surface area contributed by atoms with Crippen LogP contribution in [0.5, 0.6) is 0 Å². The lowest BCUT2D eigenvalue weighted by Gasteiger charge is -2.25. The first-order valence-corrected chi connectivity index (χ1v) is 8.02. The van der Waals surface area contributed by atoms with Gasteiger partial charge in [-0.2, -0.15) is 5.10 Å². The van der Waals surface area contributed by atoms with Gasteiger partial charge in [0.05, 0.1) is 18.8 Å². The molecule has 2 aliphatic heterocycles. The van der Waals surface area contributed by atoms with Crippen molar-refractivity contribution in [3.63, 3.8) is 0 Å². The molecule has 3 N–H and O–H groups in total. The minimum Gasteiger partial charge on any atom is -0.325 e. The Morgan fingerprint density at radius 3 is 2.88 bits per heavy atom. The van der Waals surface area contributed by atoms with E-state index in [0.717, 1.165) is 48.0 Å². The number of hydrazone groups is 1. The number of nitrogens with zero attached hydrogens (tertiary/aromatic N) is 2. The molecule has 4 rings (SSSR count). The van der Waals surface area contributed by atoms with Crippen molar-refractivity contribution >= 4 is 17.4 Å². The summed E-state index contributed by atoms with van der Waals surface area (Å²) in [6.07, 6.45) is 0.844. The van der Waals surface area contributed by atoms with Gasteiger partial charge in [0.25, 0.3) is 0 Å². The van der Waals surface area contributed by atoms with Crippen molar-refractivity contribution in [2.24, 2.45) is 10.1 Å². The van der Waals surface area contributed by atoms with Crippen LogP contribution in [0.2, 0.25) is 0 Å². The van der Waals surface area contributed by atoms with E-state index in [4.69, 9.17) is 0 Å². The second-order valence-corrected chi connectivity index (χ2v) is 5.84. The average Bonchev–Trinajstić information content (AvgIpc) is 2.61. The zero-order valence-corrected chi connectivity index (χ0v) is 13.1. The molecule has 2 aliphatic rings. The zero-order chi connectivity index (χ0) is 16.4. The van der Waals surface area contributed by atoms with E-state index in [1.54, 1.807) is 0 Å². The van der Waals surface area contributed by atoms with Crippen LogP contribution in [-0.4, -0.2) is 24.8 Å². The smallest absolute Gasteiger partial charge is 0.161 e. The third-order valence-corrected chi connectivity index (χ3v) is 4.14. The molecule has 2 aromatic carbocycles. The highest BCUT2D eigenvalue weighted by Crippen LogP contribution is 2.27. The molecule has 0 amide bonds. The Balaban J connectivity index is 1.38. The fraction of sp³-hybridized carbons (Fsp3) is 0.222. The third-order valence-electron chi connectivity index (χ3n) is 4.14. The highest BCUT2D eigenvalue weighted by atomic mass is 19.1. The molecule has 0 spiro atoms. The summed E-state index contributed by atoms with van der Waals surface area (Å²) in [7, 11) is 0. The van der Waals surface area contributed by atoms with Gasteiger partial charge in [-0.05, 0) is 42.3 Å². The molecular weight excluding hydrogens is 305 g/mol. The summed E-state index contributed by atoms with van der Waals surface area (Å²) in [6.45, 7) is 2.16. The Labute approximate surface area is 139 Å². The summed E-state index contributed by atoms with van der Waals surface area (Å²) in [6, 6.07) is 12.7. The zero-order valence-electron chi connectivity index (χ0n) is 13.1. The lowest BCUT2D eigenvalue weighted by molar-refractivity contribution is 0.626. The van der Waals surface area contributed by atoms with E-state index < -0.39 is 0 Å². The van der Waals surface area contributed by atoms with Gasteiger partial charge >= 0.3 is 0 Å². The predicted molar refractivity (Wildman–Crippen MR) is 93.0 cm³/mol. The largest absolute Gasteiger partial charge is 0.325 e. The Morgan fingerprint density at radius 1 is 1.12 bits per heavy atom. The molecule has 0 aliphatic carbocycles. The highest BCUT2D eigenvalue weighted by Gasteiger charge is 2.23. The molecule has 122 valence electrons. The van der Waals surface area contributed by atoms with Crippen LogP contribution < -0.4 is 16.1 Å². The summed E-state index contributed by atoms with van der Waals surface area (Å²) in [5.74, 6) is 1.48. The Kier molecular flexibility index (Phi) is 3.96. The van der Waals surface area contributed by atoms with Crippen molar-refractivity contribution in [2.45, 2.75) is 13.0 Å². The third kappa shape index (κ3) is 3.00. The summed E-state index contributed by atoms with van der Waals surface area (Å²) in [5.41, 5.74) is 7.40.